The molecule has 9 unspecified atom stereocenters. The Bertz CT molecular complexity index is 1530. The van der Waals surface area contributed by atoms with Crippen molar-refractivity contribution in [2.45, 2.75) is 82.5 Å². The summed E-state index contributed by atoms with van der Waals surface area (Å²) < 4.78 is 74.0. The lowest BCUT2D eigenvalue weighted by Crippen LogP contribution is -2.60. The average Bonchev–Trinajstić information content (AvgIpc) is 3.70. The summed E-state index contributed by atoms with van der Waals surface area (Å²) >= 11 is 0. The molecule has 1 aromatic heterocycles. The Morgan fingerprint density at radius 1 is 1.22 bits per heavy atom. The largest absolute Gasteiger partial charge is 0.471 e. The number of nitrogens with zero attached hydrogens (tertiary/aromatic N) is 4. The number of alkyl halides is 4. The van der Waals surface area contributed by atoms with Gasteiger partial charge in [0.2, 0.25) is 23.3 Å². The highest BCUT2D eigenvalue weighted by Crippen LogP contribution is 2.59. The first-order valence-corrected chi connectivity index (χ1v) is 15.1. The van der Waals surface area contributed by atoms with Gasteiger partial charge >= 0.3 is 6.18 Å². The topological polar surface area (TPSA) is 145 Å². The summed E-state index contributed by atoms with van der Waals surface area (Å²) in [6.45, 7) is 4.25. The van der Waals surface area contributed by atoms with Gasteiger partial charge in [-0.3, -0.25) is 19.2 Å². The molecule has 3 aliphatic heterocycles. The maximum atomic E-state index is 15.2. The second-order valence-corrected chi connectivity index (χ2v) is 14.1. The standard InChI is InChI=1S/C30H33F5N6O5/c1-28(2,3)23(38-20(42)8-30(33,34)35)26(44)40-11-17-13-4-16(18(32)5-13)21(17)22(40)25(43)41-12-29(7-15(41)9-36)27(45)39-24-19(46-29)6-14(31)10-37-24/h6,10,13,15-18,21-23H,4-5,7-8,11-12H2,1-3H3,(H,38,42)(H,37,39,45). The fourth-order valence-electron chi connectivity index (χ4n) is 8.16. The van der Waals surface area contributed by atoms with Gasteiger partial charge in [0, 0.05) is 19.0 Å². The zero-order valence-corrected chi connectivity index (χ0v) is 25.2. The molecule has 6 rings (SSSR count). The Morgan fingerprint density at radius 2 is 1.93 bits per heavy atom. The first-order chi connectivity index (χ1) is 21.4. The van der Waals surface area contributed by atoms with Crippen LogP contribution in [-0.4, -0.2) is 87.6 Å². The van der Waals surface area contributed by atoms with Crippen molar-refractivity contribution < 1.29 is 45.9 Å². The van der Waals surface area contributed by atoms with E-state index in [9.17, 15) is 42.0 Å². The van der Waals surface area contributed by atoms with Crippen LogP contribution in [0.5, 0.6) is 5.75 Å². The molecule has 0 radical (unpaired) electrons. The van der Waals surface area contributed by atoms with E-state index in [2.05, 4.69) is 15.6 Å². The summed E-state index contributed by atoms with van der Waals surface area (Å²) in [5.74, 6) is -6.17. The molecule has 0 aromatic carbocycles. The Kier molecular flexibility index (Phi) is 7.47. The average molecular weight is 653 g/mol. The number of halogens is 5. The Hall–Kier alpha value is -4.03. The molecular weight excluding hydrogens is 619 g/mol. The predicted molar refractivity (Wildman–Crippen MR) is 148 cm³/mol. The zero-order chi connectivity index (χ0) is 33.5. The highest BCUT2D eigenvalue weighted by molar-refractivity contribution is 6.01. The number of aromatic nitrogens is 1. The van der Waals surface area contributed by atoms with Gasteiger partial charge in [-0.1, -0.05) is 20.8 Å². The summed E-state index contributed by atoms with van der Waals surface area (Å²) in [6, 6.07) is -0.977. The summed E-state index contributed by atoms with van der Waals surface area (Å²) in [6.07, 6.45) is -6.51. The highest BCUT2D eigenvalue weighted by Gasteiger charge is 2.65. The quantitative estimate of drug-likeness (QED) is 0.476. The first kappa shape index (κ1) is 31.9. The van der Waals surface area contributed by atoms with Crippen LogP contribution in [0.15, 0.2) is 12.3 Å². The minimum atomic E-state index is -4.82. The van der Waals surface area contributed by atoms with Crippen LogP contribution in [0, 0.1) is 46.2 Å². The summed E-state index contributed by atoms with van der Waals surface area (Å²) in [7, 11) is 0. The third-order valence-electron chi connectivity index (χ3n) is 10.1. The number of ether oxygens (including phenoxy) is 1. The van der Waals surface area contributed by atoms with E-state index in [1.54, 1.807) is 20.8 Å². The van der Waals surface area contributed by atoms with Crippen LogP contribution < -0.4 is 15.4 Å². The van der Waals surface area contributed by atoms with Gasteiger partial charge in [0.1, 0.15) is 36.5 Å². The maximum absolute atomic E-state index is 15.2. The van der Waals surface area contributed by atoms with Crippen molar-refractivity contribution in [1.82, 2.24) is 20.1 Å². The van der Waals surface area contributed by atoms with Crippen molar-refractivity contribution in [3.63, 3.8) is 0 Å². The number of pyridine rings is 1. The van der Waals surface area contributed by atoms with Crippen molar-refractivity contribution >= 4 is 29.4 Å². The number of hydrogen-bond donors (Lipinski definition) is 2. The molecular formula is C30H33F5N6O5. The van der Waals surface area contributed by atoms with E-state index < -0.39 is 95.7 Å². The smallest absolute Gasteiger partial charge is 0.397 e. The third-order valence-corrected chi connectivity index (χ3v) is 10.1. The Labute approximate surface area is 260 Å². The van der Waals surface area contributed by atoms with E-state index in [0.29, 0.717) is 6.42 Å². The molecule has 16 heteroatoms. The summed E-state index contributed by atoms with van der Waals surface area (Å²) in [4.78, 5) is 60.5. The monoisotopic (exact) mass is 652 g/mol. The number of likely N-dealkylation sites (tertiary alicyclic amines) is 2. The van der Waals surface area contributed by atoms with Crippen LogP contribution in [0.25, 0.3) is 0 Å². The van der Waals surface area contributed by atoms with Crippen LogP contribution in [0.3, 0.4) is 0 Å². The van der Waals surface area contributed by atoms with Crippen molar-refractivity contribution in [3.8, 4) is 11.8 Å². The lowest BCUT2D eigenvalue weighted by atomic mass is 9.77. The van der Waals surface area contributed by atoms with Crippen LogP contribution in [0.4, 0.5) is 27.8 Å². The van der Waals surface area contributed by atoms with E-state index in [1.807, 2.05) is 6.07 Å². The number of nitriles is 1. The number of anilines is 1. The molecule has 248 valence electrons. The summed E-state index contributed by atoms with van der Waals surface area (Å²) in [5, 5.41) is 14.8. The molecule has 1 spiro atoms. The van der Waals surface area contributed by atoms with Crippen molar-refractivity contribution in [3.05, 3.63) is 18.1 Å². The molecule has 5 aliphatic rings. The van der Waals surface area contributed by atoms with Gasteiger partial charge < -0.3 is 25.2 Å². The van der Waals surface area contributed by atoms with E-state index in [4.69, 9.17) is 4.74 Å². The molecule has 2 aliphatic carbocycles. The second kappa shape index (κ2) is 10.8. The van der Waals surface area contributed by atoms with Gasteiger partial charge in [-0.05, 0) is 41.9 Å². The lowest BCUT2D eigenvalue weighted by Gasteiger charge is -2.39. The maximum Gasteiger partial charge on any atom is 0.397 e. The van der Waals surface area contributed by atoms with E-state index in [-0.39, 0.29) is 42.8 Å². The number of carbonyl (C=O) groups excluding carboxylic acids is 4. The van der Waals surface area contributed by atoms with E-state index >= 15 is 4.39 Å². The fourth-order valence-corrected chi connectivity index (χ4v) is 8.16. The molecule has 4 heterocycles. The number of hydrogen-bond acceptors (Lipinski definition) is 7. The SMILES string of the molecule is CC(C)(C)C(NC(=O)CC(F)(F)F)C(=O)N1CC2C3CC(F)C(C3)C2C1C(=O)N1CC2(CC1C#N)Oc1cc(F)cnc1NC2=O. The lowest BCUT2D eigenvalue weighted by molar-refractivity contribution is -0.157. The first-order valence-electron chi connectivity index (χ1n) is 15.1. The molecule has 2 N–H and O–H groups in total. The molecule has 4 amide bonds. The van der Waals surface area contributed by atoms with Crippen LogP contribution in [0.2, 0.25) is 0 Å². The molecule has 9 atom stereocenters. The predicted octanol–water partition coefficient (Wildman–Crippen LogP) is 2.72. The minimum Gasteiger partial charge on any atom is -0.471 e. The Morgan fingerprint density at radius 3 is 2.59 bits per heavy atom. The molecule has 2 saturated carbocycles. The van der Waals surface area contributed by atoms with E-state index in [0.717, 1.165) is 17.2 Å². The summed E-state index contributed by atoms with van der Waals surface area (Å²) in [5.41, 5.74) is -2.87. The van der Waals surface area contributed by atoms with Crippen LogP contribution in [0.1, 0.15) is 46.5 Å². The van der Waals surface area contributed by atoms with Crippen molar-refractivity contribution in [2.75, 3.05) is 18.4 Å². The minimum absolute atomic E-state index is 0.0149. The highest BCUT2D eigenvalue weighted by atomic mass is 19.4. The second-order valence-electron chi connectivity index (χ2n) is 14.1. The molecule has 46 heavy (non-hydrogen) atoms. The van der Waals surface area contributed by atoms with Gasteiger partial charge in [-0.15, -0.1) is 0 Å². The fraction of sp³-hybridized carbons (Fsp3) is 0.667. The number of carbonyl (C=O) groups is 4. The number of amides is 4. The molecule has 4 fully saturated rings. The van der Waals surface area contributed by atoms with Gasteiger partial charge in [-0.25, -0.2) is 13.8 Å². The van der Waals surface area contributed by atoms with E-state index in [1.165, 1.54) is 4.90 Å². The number of fused-ring (bicyclic) bond motifs is 6. The van der Waals surface area contributed by atoms with Crippen LogP contribution in [-0.2, 0) is 19.2 Å². The Balaban J connectivity index is 1.33. The molecule has 2 bridgehead atoms. The van der Waals surface area contributed by atoms with Crippen LogP contribution >= 0.6 is 0 Å². The third kappa shape index (κ3) is 5.30. The van der Waals surface area contributed by atoms with Gasteiger partial charge in [0.25, 0.3) is 5.91 Å². The molecule has 2 saturated heterocycles. The normalized spacial score (nSPS) is 33.6. The zero-order valence-electron chi connectivity index (χ0n) is 25.2. The molecule has 1 aromatic rings. The van der Waals surface area contributed by atoms with Crippen molar-refractivity contribution in [2.24, 2.45) is 29.1 Å². The van der Waals surface area contributed by atoms with Gasteiger partial charge in [-0.2, -0.15) is 18.4 Å². The number of rotatable bonds is 4. The van der Waals surface area contributed by atoms with Crippen molar-refractivity contribution in [1.29, 1.82) is 5.26 Å². The van der Waals surface area contributed by atoms with Gasteiger partial charge in [0.15, 0.2) is 11.6 Å². The number of nitrogens with one attached hydrogen (secondary N) is 2. The molecule has 11 nitrogen and oxygen atoms in total. The van der Waals surface area contributed by atoms with Gasteiger partial charge in [0.05, 0.1) is 18.8 Å².